The average Bonchev–Trinajstić information content (AvgIpc) is 3.08. The molecule has 0 fully saturated rings. The van der Waals surface area contributed by atoms with Crippen molar-refractivity contribution in [2.75, 3.05) is 5.32 Å². The highest BCUT2D eigenvalue weighted by molar-refractivity contribution is 8.14. The zero-order chi connectivity index (χ0) is 16.2. The monoisotopic (exact) mass is 330 g/mol. The standard InChI is InChI=1S/C21H18N2S/c1-4-10-16(11-5-1)19-20(17-12-6-2-7-13-17)24-21(23-19)22-18-14-8-3-9-15-18/h1-15,19-20H,(H,22,23)/t19-,20-/m0/s1. The third-order valence-electron chi connectivity index (χ3n) is 4.08. The number of rotatable bonds is 3. The lowest BCUT2D eigenvalue weighted by Crippen LogP contribution is -2.04. The zero-order valence-electron chi connectivity index (χ0n) is 13.2. The molecule has 3 aromatic rings. The molecule has 0 unspecified atom stereocenters. The number of nitrogens with zero attached hydrogens (tertiary/aromatic N) is 1. The number of nitrogens with one attached hydrogen (secondary N) is 1. The summed E-state index contributed by atoms with van der Waals surface area (Å²) in [5.74, 6) is 0. The van der Waals surface area contributed by atoms with Crippen LogP contribution in [0.15, 0.2) is 96.0 Å². The van der Waals surface area contributed by atoms with Gasteiger partial charge in [-0.3, -0.25) is 4.99 Å². The maximum absolute atomic E-state index is 4.98. The fraction of sp³-hybridized carbons (Fsp3) is 0.0952. The van der Waals surface area contributed by atoms with Crippen LogP contribution in [0.5, 0.6) is 0 Å². The second kappa shape index (κ2) is 6.93. The van der Waals surface area contributed by atoms with E-state index in [9.17, 15) is 0 Å². The number of para-hydroxylation sites is 1. The molecule has 0 spiro atoms. The van der Waals surface area contributed by atoms with Gasteiger partial charge in [-0.2, -0.15) is 0 Å². The Bertz CT molecular complexity index is 816. The topological polar surface area (TPSA) is 24.4 Å². The van der Waals surface area contributed by atoms with Gasteiger partial charge in [0.2, 0.25) is 0 Å². The Labute approximate surface area is 146 Å². The summed E-state index contributed by atoms with van der Waals surface area (Å²) in [6.07, 6.45) is 0. The number of hydrogen-bond acceptors (Lipinski definition) is 3. The van der Waals surface area contributed by atoms with Crippen LogP contribution in [0, 0.1) is 0 Å². The van der Waals surface area contributed by atoms with Gasteiger partial charge in [0.25, 0.3) is 0 Å². The van der Waals surface area contributed by atoms with Gasteiger partial charge in [-0.05, 0) is 23.3 Å². The summed E-state index contributed by atoms with van der Waals surface area (Å²) in [4.78, 5) is 4.98. The predicted octanol–water partition coefficient (Wildman–Crippen LogP) is 5.68. The third-order valence-corrected chi connectivity index (χ3v) is 5.29. The van der Waals surface area contributed by atoms with Crippen LogP contribution in [-0.4, -0.2) is 5.17 Å². The molecule has 0 aromatic heterocycles. The van der Waals surface area contributed by atoms with Gasteiger partial charge in [-0.1, -0.05) is 90.6 Å². The van der Waals surface area contributed by atoms with Crippen LogP contribution in [-0.2, 0) is 0 Å². The van der Waals surface area contributed by atoms with Crippen molar-refractivity contribution in [1.29, 1.82) is 0 Å². The van der Waals surface area contributed by atoms with E-state index in [0.717, 1.165) is 10.9 Å². The van der Waals surface area contributed by atoms with Gasteiger partial charge >= 0.3 is 0 Å². The van der Waals surface area contributed by atoms with E-state index in [2.05, 4.69) is 78.1 Å². The predicted molar refractivity (Wildman–Crippen MR) is 103 cm³/mol. The Morgan fingerprint density at radius 2 is 1.21 bits per heavy atom. The molecular weight excluding hydrogens is 312 g/mol. The van der Waals surface area contributed by atoms with Gasteiger partial charge < -0.3 is 5.32 Å². The molecule has 0 aliphatic carbocycles. The molecule has 0 amide bonds. The van der Waals surface area contributed by atoms with Crippen molar-refractivity contribution < 1.29 is 0 Å². The van der Waals surface area contributed by atoms with Gasteiger partial charge in [-0.25, -0.2) is 0 Å². The van der Waals surface area contributed by atoms with Gasteiger partial charge in [0.05, 0.1) is 11.3 Å². The quantitative estimate of drug-likeness (QED) is 0.667. The third kappa shape index (κ3) is 3.22. The Hall–Kier alpha value is -2.52. The number of aliphatic imine (C=N–C) groups is 1. The summed E-state index contributed by atoms with van der Waals surface area (Å²) in [6, 6.07) is 31.5. The lowest BCUT2D eigenvalue weighted by molar-refractivity contribution is 0.724. The molecule has 1 aliphatic rings. The molecule has 0 bridgehead atoms. The number of anilines is 1. The van der Waals surface area contributed by atoms with Crippen LogP contribution in [0.2, 0.25) is 0 Å². The fourth-order valence-electron chi connectivity index (χ4n) is 2.91. The van der Waals surface area contributed by atoms with Crippen LogP contribution >= 0.6 is 11.8 Å². The molecule has 118 valence electrons. The van der Waals surface area contributed by atoms with Gasteiger partial charge in [0.15, 0.2) is 5.17 Å². The van der Waals surface area contributed by atoms with E-state index in [1.807, 2.05) is 18.2 Å². The Kier molecular flexibility index (Phi) is 4.34. The zero-order valence-corrected chi connectivity index (χ0v) is 14.0. The van der Waals surface area contributed by atoms with E-state index in [1.165, 1.54) is 11.1 Å². The van der Waals surface area contributed by atoms with Crippen molar-refractivity contribution in [2.24, 2.45) is 4.99 Å². The highest BCUT2D eigenvalue weighted by Gasteiger charge is 2.32. The molecule has 4 rings (SSSR count). The molecule has 0 radical (unpaired) electrons. The van der Waals surface area contributed by atoms with E-state index >= 15 is 0 Å². The molecule has 3 aromatic carbocycles. The highest BCUT2D eigenvalue weighted by Crippen LogP contribution is 2.48. The lowest BCUT2D eigenvalue weighted by Gasteiger charge is -2.17. The first-order chi connectivity index (χ1) is 11.9. The molecule has 2 nitrogen and oxygen atoms in total. The number of hydrogen-bond donors (Lipinski definition) is 1. The summed E-state index contributed by atoms with van der Waals surface area (Å²) in [5, 5.41) is 4.72. The molecule has 1 aliphatic heterocycles. The fourth-order valence-corrected chi connectivity index (χ4v) is 4.14. The Morgan fingerprint density at radius 3 is 1.83 bits per heavy atom. The van der Waals surface area contributed by atoms with E-state index in [0.29, 0.717) is 5.25 Å². The van der Waals surface area contributed by atoms with Crippen molar-refractivity contribution in [3.05, 3.63) is 102 Å². The SMILES string of the molecule is c1ccc(NC2=N[C@@H](c3ccccc3)[C@H](c3ccccc3)S2)cc1. The van der Waals surface area contributed by atoms with Crippen LogP contribution in [0.4, 0.5) is 5.69 Å². The molecule has 3 heteroatoms. The second-order valence-corrected chi connectivity index (χ2v) is 6.86. The first-order valence-electron chi connectivity index (χ1n) is 8.06. The molecule has 0 saturated carbocycles. The van der Waals surface area contributed by atoms with Crippen LogP contribution in [0.3, 0.4) is 0 Å². The Morgan fingerprint density at radius 1 is 0.667 bits per heavy atom. The number of amidine groups is 1. The van der Waals surface area contributed by atoms with Gasteiger partial charge in [0.1, 0.15) is 0 Å². The van der Waals surface area contributed by atoms with Crippen molar-refractivity contribution in [3.8, 4) is 0 Å². The highest BCUT2D eigenvalue weighted by atomic mass is 32.2. The van der Waals surface area contributed by atoms with Crippen LogP contribution < -0.4 is 5.32 Å². The molecule has 1 N–H and O–H groups in total. The largest absolute Gasteiger partial charge is 0.335 e. The maximum atomic E-state index is 4.98. The minimum Gasteiger partial charge on any atom is -0.335 e. The molecule has 24 heavy (non-hydrogen) atoms. The van der Waals surface area contributed by atoms with Gasteiger partial charge in [0, 0.05) is 5.69 Å². The summed E-state index contributed by atoms with van der Waals surface area (Å²) >= 11 is 1.80. The van der Waals surface area contributed by atoms with E-state index in [1.54, 1.807) is 11.8 Å². The second-order valence-electron chi connectivity index (χ2n) is 5.73. The van der Waals surface area contributed by atoms with Crippen LogP contribution in [0.1, 0.15) is 22.4 Å². The first-order valence-corrected chi connectivity index (χ1v) is 8.94. The smallest absolute Gasteiger partial charge is 0.162 e. The average molecular weight is 330 g/mol. The molecule has 0 saturated heterocycles. The Balaban J connectivity index is 1.65. The van der Waals surface area contributed by atoms with E-state index < -0.39 is 0 Å². The van der Waals surface area contributed by atoms with Gasteiger partial charge in [-0.15, -0.1) is 0 Å². The molecule has 1 heterocycles. The number of benzene rings is 3. The summed E-state index contributed by atoms with van der Waals surface area (Å²) < 4.78 is 0. The normalized spacial score (nSPS) is 19.8. The summed E-state index contributed by atoms with van der Waals surface area (Å²) in [6.45, 7) is 0. The van der Waals surface area contributed by atoms with E-state index in [4.69, 9.17) is 4.99 Å². The minimum absolute atomic E-state index is 0.129. The lowest BCUT2D eigenvalue weighted by atomic mass is 9.99. The first kappa shape index (κ1) is 15.0. The van der Waals surface area contributed by atoms with Crippen molar-refractivity contribution >= 4 is 22.6 Å². The van der Waals surface area contributed by atoms with Crippen molar-refractivity contribution in [3.63, 3.8) is 0 Å². The van der Waals surface area contributed by atoms with Crippen molar-refractivity contribution in [1.82, 2.24) is 0 Å². The van der Waals surface area contributed by atoms with E-state index in [-0.39, 0.29) is 6.04 Å². The summed E-state index contributed by atoms with van der Waals surface area (Å²) in [5.41, 5.74) is 3.64. The summed E-state index contributed by atoms with van der Waals surface area (Å²) in [7, 11) is 0. The minimum atomic E-state index is 0.129. The molecule has 2 atom stereocenters. The van der Waals surface area contributed by atoms with Crippen molar-refractivity contribution in [2.45, 2.75) is 11.3 Å². The van der Waals surface area contributed by atoms with Crippen LogP contribution in [0.25, 0.3) is 0 Å². The number of thioether (sulfide) groups is 1. The molecular formula is C21H18N2S. The maximum Gasteiger partial charge on any atom is 0.162 e.